The second kappa shape index (κ2) is 3.42. The van der Waals surface area contributed by atoms with Crippen LogP contribution in [0.25, 0.3) is 0 Å². The molecule has 3 heteroatoms. The monoisotopic (exact) mass is 180 g/mol. The van der Waals surface area contributed by atoms with Gasteiger partial charge >= 0.3 is 0 Å². The van der Waals surface area contributed by atoms with Gasteiger partial charge in [-0.1, -0.05) is 0 Å². The van der Waals surface area contributed by atoms with Crippen LogP contribution in [0.5, 0.6) is 0 Å². The van der Waals surface area contributed by atoms with Crippen molar-refractivity contribution < 1.29 is 4.42 Å². The van der Waals surface area contributed by atoms with E-state index in [1.54, 1.807) is 0 Å². The van der Waals surface area contributed by atoms with E-state index in [1.165, 1.54) is 12.8 Å². The molecular formula is C10H16N2O. The molecule has 0 spiro atoms. The summed E-state index contributed by atoms with van der Waals surface area (Å²) in [5, 5.41) is 3.41. The third-order valence-corrected chi connectivity index (χ3v) is 2.46. The molecule has 2 rings (SSSR count). The lowest BCUT2D eigenvalue weighted by atomic mass is 10.2. The average Bonchev–Trinajstić information content (AvgIpc) is 2.75. The summed E-state index contributed by atoms with van der Waals surface area (Å²) in [4.78, 5) is 1.98. The number of hydrogen-bond acceptors (Lipinski definition) is 3. The molecule has 1 aromatic rings. The minimum absolute atomic E-state index is 0.439. The smallest absolute Gasteiger partial charge is 0.195 e. The molecule has 0 radical (unpaired) electrons. The molecule has 3 nitrogen and oxygen atoms in total. The number of hydrogen-bond donors (Lipinski definition) is 1. The third kappa shape index (κ3) is 1.70. The first kappa shape index (κ1) is 8.63. The Labute approximate surface area is 78.7 Å². The predicted octanol–water partition coefficient (Wildman–Crippen LogP) is 1.77. The molecule has 1 aliphatic rings. The first-order chi connectivity index (χ1) is 6.27. The Kier molecular flexibility index (Phi) is 2.27. The number of furan rings is 1. The van der Waals surface area contributed by atoms with E-state index < -0.39 is 0 Å². The summed E-state index contributed by atoms with van der Waals surface area (Å²) in [7, 11) is 3.98. The highest BCUT2D eigenvalue weighted by molar-refractivity contribution is 5.34. The first-order valence-electron chi connectivity index (χ1n) is 4.78. The van der Waals surface area contributed by atoms with Crippen LogP contribution in [0, 0.1) is 0 Å². The first-order valence-corrected chi connectivity index (χ1v) is 4.78. The van der Waals surface area contributed by atoms with Crippen molar-refractivity contribution in [2.45, 2.75) is 18.9 Å². The molecule has 1 fully saturated rings. The van der Waals surface area contributed by atoms with E-state index in [-0.39, 0.29) is 0 Å². The van der Waals surface area contributed by atoms with Gasteiger partial charge in [0, 0.05) is 20.2 Å². The zero-order valence-electron chi connectivity index (χ0n) is 8.21. The summed E-state index contributed by atoms with van der Waals surface area (Å²) < 4.78 is 5.69. The Balaban J connectivity index is 2.12. The van der Waals surface area contributed by atoms with Gasteiger partial charge < -0.3 is 14.6 Å². The molecule has 0 saturated carbocycles. The molecule has 0 bridgehead atoms. The molecule has 2 heterocycles. The van der Waals surface area contributed by atoms with Gasteiger partial charge in [0.1, 0.15) is 5.76 Å². The summed E-state index contributed by atoms with van der Waals surface area (Å²) in [5.74, 6) is 2.00. The fourth-order valence-electron chi connectivity index (χ4n) is 1.70. The highest BCUT2D eigenvalue weighted by Gasteiger charge is 2.19. The van der Waals surface area contributed by atoms with Crippen LogP contribution in [0.3, 0.4) is 0 Å². The second-order valence-electron chi connectivity index (χ2n) is 3.72. The Morgan fingerprint density at radius 2 is 2.31 bits per heavy atom. The Morgan fingerprint density at radius 3 is 2.85 bits per heavy atom. The maximum absolute atomic E-state index is 5.69. The molecule has 13 heavy (non-hydrogen) atoms. The van der Waals surface area contributed by atoms with Crippen LogP contribution in [0.4, 0.5) is 5.88 Å². The zero-order valence-corrected chi connectivity index (χ0v) is 8.21. The predicted molar refractivity (Wildman–Crippen MR) is 53.0 cm³/mol. The average molecular weight is 180 g/mol. The molecule has 1 aromatic heterocycles. The van der Waals surface area contributed by atoms with Gasteiger partial charge in [0.25, 0.3) is 0 Å². The summed E-state index contributed by atoms with van der Waals surface area (Å²) in [6, 6.07) is 4.53. The van der Waals surface area contributed by atoms with Crippen molar-refractivity contribution >= 4 is 5.88 Å². The van der Waals surface area contributed by atoms with E-state index in [4.69, 9.17) is 4.42 Å². The lowest BCUT2D eigenvalue weighted by Crippen LogP contribution is -2.12. The van der Waals surface area contributed by atoms with Crippen LogP contribution in [-0.4, -0.2) is 20.6 Å². The Hall–Kier alpha value is -0.960. The largest absolute Gasteiger partial charge is 0.444 e. The molecule has 0 aromatic carbocycles. The maximum Gasteiger partial charge on any atom is 0.195 e. The molecule has 72 valence electrons. The van der Waals surface area contributed by atoms with E-state index in [1.807, 2.05) is 25.1 Å². The van der Waals surface area contributed by atoms with Crippen LogP contribution in [0.15, 0.2) is 16.5 Å². The second-order valence-corrected chi connectivity index (χ2v) is 3.72. The molecule has 0 unspecified atom stereocenters. The molecule has 1 N–H and O–H groups in total. The van der Waals surface area contributed by atoms with Crippen LogP contribution in [0.1, 0.15) is 24.6 Å². The topological polar surface area (TPSA) is 28.4 Å². The normalized spacial score (nSPS) is 22.2. The number of anilines is 1. The fourth-order valence-corrected chi connectivity index (χ4v) is 1.70. The molecule has 1 saturated heterocycles. The lowest BCUT2D eigenvalue weighted by Gasteiger charge is -2.09. The maximum atomic E-state index is 5.69. The van der Waals surface area contributed by atoms with Crippen molar-refractivity contribution in [3.8, 4) is 0 Å². The zero-order chi connectivity index (χ0) is 9.26. The van der Waals surface area contributed by atoms with E-state index >= 15 is 0 Å². The quantitative estimate of drug-likeness (QED) is 0.752. The van der Waals surface area contributed by atoms with E-state index in [0.717, 1.165) is 18.2 Å². The van der Waals surface area contributed by atoms with Gasteiger partial charge in [0.05, 0.1) is 6.04 Å². The fraction of sp³-hybridized carbons (Fsp3) is 0.600. The summed E-state index contributed by atoms with van der Waals surface area (Å²) >= 11 is 0. The van der Waals surface area contributed by atoms with Gasteiger partial charge in [-0.3, -0.25) is 0 Å². The van der Waals surface area contributed by atoms with Crippen LogP contribution < -0.4 is 10.2 Å². The molecule has 1 aliphatic heterocycles. The number of nitrogens with one attached hydrogen (secondary N) is 1. The van der Waals surface area contributed by atoms with E-state index in [9.17, 15) is 0 Å². The lowest BCUT2D eigenvalue weighted by molar-refractivity contribution is 0.448. The van der Waals surface area contributed by atoms with Gasteiger partial charge in [-0.15, -0.1) is 0 Å². The van der Waals surface area contributed by atoms with Gasteiger partial charge in [-0.25, -0.2) is 0 Å². The Bertz CT molecular complexity index is 274. The van der Waals surface area contributed by atoms with Crippen molar-refractivity contribution in [1.29, 1.82) is 0 Å². The summed E-state index contributed by atoms with van der Waals surface area (Å²) in [5.41, 5.74) is 0. The van der Waals surface area contributed by atoms with Crippen molar-refractivity contribution in [3.63, 3.8) is 0 Å². The molecule has 1 atom stereocenters. The Morgan fingerprint density at radius 1 is 1.46 bits per heavy atom. The standard InChI is InChI=1S/C10H16N2O/c1-12(2)10-6-5-9(13-10)8-4-3-7-11-8/h5-6,8,11H,3-4,7H2,1-2H3/t8-/m1/s1. The van der Waals surface area contributed by atoms with Crippen LogP contribution in [0.2, 0.25) is 0 Å². The van der Waals surface area contributed by atoms with Crippen molar-refractivity contribution in [1.82, 2.24) is 5.32 Å². The van der Waals surface area contributed by atoms with Crippen molar-refractivity contribution in [2.75, 3.05) is 25.5 Å². The van der Waals surface area contributed by atoms with Gasteiger partial charge in [-0.05, 0) is 25.5 Å². The minimum Gasteiger partial charge on any atom is -0.444 e. The summed E-state index contributed by atoms with van der Waals surface area (Å²) in [6.45, 7) is 1.11. The minimum atomic E-state index is 0.439. The third-order valence-electron chi connectivity index (χ3n) is 2.46. The number of nitrogens with zero attached hydrogens (tertiary/aromatic N) is 1. The van der Waals surface area contributed by atoms with Crippen LogP contribution >= 0.6 is 0 Å². The highest BCUT2D eigenvalue weighted by Crippen LogP contribution is 2.27. The number of rotatable bonds is 2. The van der Waals surface area contributed by atoms with Gasteiger partial charge in [0.2, 0.25) is 0 Å². The van der Waals surface area contributed by atoms with Crippen molar-refractivity contribution in [2.24, 2.45) is 0 Å². The van der Waals surface area contributed by atoms with E-state index in [0.29, 0.717) is 6.04 Å². The highest BCUT2D eigenvalue weighted by atomic mass is 16.4. The molecule has 0 amide bonds. The van der Waals surface area contributed by atoms with Gasteiger partial charge in [0.15, 0.2) is 5.88 Å². The summed E-state index contributed by atoms with van der Waals surface area (Å²) in [6.07, 6.45) is 2.45. The van der Waals surface area contributed by atoms with E-state index in [2.05, 4.69) is 11.4 Å². The van der Waals surface area contributed by atoms with Crippen molar-refractivity contribution in [3.05, 3.63) is 17.9 Å². The SMILES string of the molecule is CN(C)c1ccc([C@H]2CCCN2)o1. The van der Waals surface area contributed by atoms with Crippen LogP contribution in [-0.2, 0) is 0 Å². The van der Waals surface area contributed by atoms with Gasteiger partial charge in [-0.2, -0.15) is 0 Å². The molecular weight excluding hydrogens is 164 g/mol. The molecule has 0 aliphatic carbocycles.